The van der Waals surface area contributed by atoms with Gasteiger partial charge in [0.1, 0.15) is 11.1 Å². The van der Waals surface area contributed by atoms with Gasteiger partial charge in [-0.2, -0.15) is 0 Å². The van der Waals surface area contributed by atoms with Crippen molar-refractivity contribution in [3.05, 3.63) is 0 Å². The number of carboxylic acids is 2. The molecule has 0 aliphatic rings. The summed E-state index contributed by atoms with van der Waals surface area (Å²) in [4.78, 5) is 42.5. The van der Waals surface area contributed by atoms with Gasteiger partial charge in [-0.3, -0.25) is 4.79 Å². The molecule has 0 aromatic heterocycles. The number of hydrogen-bond acceptors (Lipinski definition) is 3. The van der Waals surface area contributed by atoms with Crippen LogP contribution < -0.4 is 0 Å². The minimum atomic E-state index is -1.51. The number of nitrogens with zero attached hydrogens (tertiary/aromatic N) is 1. The van der Waals surface area contributed by atoms with Crippen LogP contribution >= 0.6 is 0 Å². The minimum Gasteiger partial charge on any atom is -0.479 e. The Labute approximate surface area is 310 Å². The van der Waals surface area contributed by atoms with Crippen LogP contribution in [0.5, 0.6) is 0 Å². The van der Waals surface area contributed by atoms with E-state index in [2.05, 4.69) is 20.8 Å². The van der Waals surface area contributed by atoms with E-state index in [0.29, 0.717) is 32.1 Å². The molecular weight excluding hydrogens is 622 g/mol. The summed E-state index contributed by atoms with van der Waals surface area (Å²) < 4.78 is 0. The molecule has 0 aliphatic heterocycles. The Morgan fingerprint density at radius 2 is 0.620 bits per heavy atom. The van der Waals surface area contributed by atoms with Gasteiger partial charge in [-0.1, -0.05) is 214 Å². The van der Waals surface area contributed by atoms with E-state index in [1.54, 1.807) is 0 Å². The van der Waals surface area contributed by atoms with Gasteiger partial charge in [0.15, 0.2) is 0 Å². The highest BCUT2D eigenvalue weighted by Crippen LogP contribution is 2.40. The average molecular weight is 708 g/mol. The van der Waals surface area contributed by atoms with Crippen molar-refractivity contribution in [1.82, 2.24) is 4.90 Å². The van der Waals surface area contributed by atoms with Crippen LogP contribution in [-0.2, 0) is 14.4 Å². The molecule has 0 saturated heterocycles. The number of hydrogen-bond donors (Lipinski definition) is 2. The third-order valence-electron chi connectivity index (χ3n) is 11.5. The molecule has 1 amide bonds. The Balaban J connectivity index is 5.74. The summed E-state index contributed by atoms with van der Waals surface area (Å²) >= 11 is 0. The predicted octanol–water partition coefficient (Wildman–Crippen LogP) is 13.8. The van der Waals surface area contributed by atoms with Crippen molar-refractivity contribution in [2.45, 2.75) is 264 Å². The van der Waals surface area contributed by atoms with Gasteiger partial charge in [0.05, 0.1) is 0 Å². The van der Waals surface area contributed by atoms with Gasteiger partial charge in [0.2, 0.25) is 5.91 Å². The Hall–Kier alpha value is -1.59. The van der Waals surface area contributed by atoms with Crippen LogP contribution in [0.3, 0.4) is 0 Å². The van der Waals surface area contributed by atoms with Crippen LogP contribution in [0.1, 0.15) is 253 Å². The summed E-state index contributed by atoms with van der Waals surface area (Å²) in [5, 5.41) is 21.8. The van der Waals surface area contributed by atoms with Gasteiger partial charge in [0.25, 0.3) is 0 Å². The van der Waals surface area contributed by atoms with E-state index in [1.165, 1.54) is 114 Å². The van der Waals surface area contributed by atoms with Crippen molar-refractivity contribution >= 4 is 17.8 Å². The lowest BCUT2D eigenvalue weighted by Gasteiger charge is -2.50. The monoisotopic (exact) mass is 708 g/mol. The molecule has 0 heterocycles. The fourth-order valence-corrected chi connectivity index (χ4v) is 8.00. The molecule has 296 valence electrons. The second-order valence-electron chi connectivity index (χ2n) is 15.6. The maximum atomic E-state index is 14.3. The number of rotatable bonds is 38. The van der Waals surface area contributed by atoms with Crippen molar-refractivity contribution < 1.29 is 24.6 Å². The smallest absolute Gasteiger partial charge is 0.329 e. The molecule has 0 aromatic rings. The zero-order chi connectivity index (χ0) is 37.4. The Kier molecular flexibility index (Phi) is 31.1. The molecule has 2 N–H and O–H groups in total. The topological polar surface area (TPSA) is 94.9 Å². The number of carbonyl (C=O) groups is 3. The highest BCUT2D eigenvalue weighted by molar-refractivity contribution is 5.93. The van der Waals surface area contributed by atoms with Gasteiger partial charge >= 0.3 is 11.9 Å². The van der Waals surface area contributed by atoms with Crippen molar-refractivity contribution in [2.24, 2.45) is 0 Å². The quantitative estimate of drug-likeness (QED) is 0.0623. The Morgan fingerprint density at radius 1 is 0.380 bits per heavy atom. The standard InChI is InChI=1S/C44H85NO5/c1-6-11-14-17-20-23-26-29-32-35-38-43(9-4,41(47)48)45(40(46)37-34-31-28-25-22-19-16-13-8-3)44(10-5,42(49)50)39-36-33-30-27-24-21-18-15-12-7-2/h6-39H2,1-5H3,(H,47,48)(H,49,50). The van der Waals surface area contributed by atoms with Crippen LogP contribution in [0.2, 0.25) is 0 Å². The van der Waals surface area contributed by atoms with E-state index in [1.807, 2.05) is 13.8 Å². The largest absolute Gasteiger partial charge is 0.479 e. The number of aliphatic carboxylic acids is 2. The van der Waals surface area contributed by atoms with E-state index in [9.17, 15) is 24.6 Å². The van der Waals surface area contributed by atoms with Crippen LogP contribution in [0.15, 0.2) is 0 Å². The van der Waals surface area contributed by atoms with Crippen LogP contribution in [0, 0.1) is 0 Å². The molecule has 50 heavy (non-hydrogen) atoms. The number of unbranched alkanes of at least 4 members (excludes halogenated alkanes) is 26. The third-order valence-corrected chi connectivity index (χ3v) is 11.5. The lowest BCUT2D eigenvalue weighted by Crippen LogP contribution is -2.68. The second-order valence-corrected chi connectivity index (χ2v) is 15.6. The zero-order valence-electron chi connectivity index (χ0n) is 34.1. The molecule has 0 fully saturated rings. The first-order valence-corrected chi connectivity index (χ1v) is 22.0. The predicted molar refractivity (Wildman–Crippen MR) is 213 cm³/mol. The van der Waals surface area contributed by atoms with Crippen molar-refractivity contribution in [3.63, 3.8) is 0 Å². The van der Waals surface area contributed by atoms with E-state index in [4.69, 9.17) is 0 Å². The molecular formula is C44H85NO5. The minimum absolute atomic E-state index is 0.218. The van der Waals surface area contributed by atoms with Gasteiger partial charge < -0.3 is 15.1 Å². The van der Waals surface area contributed by atoms with E-state index >= 15 is 0 Å². The molecule has 2 unspecified atom stereocenters. The summed E-state index contributed by atoms with van der Waals surface area (Å²) in [5.41, 5.74) is -3.02. The summed E-state index contributed by atoms with van der Waals surface area (Å²) in [7, 11) is 0. The molecule has 6 nitrogen and oxygen atoms in total. The van der Waals surface area contributed by atoms with Gasteiger partial charge in [-0.25, -0.2) is 9.59 Å². The fourth-order valence-electron chi connectivity index (χ4n) is 8.00. The maximum Gasteiger partial charge on any atom is 0.329 e. The number of carboxylic acid groups (broad SMARTS) is 2. The summed E-state index contributed by atoms with van der Waals surface area (Å²) in [6.07, 6.45) is 34.2. The lowest BCUT2D eigenvalue weighted by molar-refractivity contribution is -0.180. The molecule has 6 heteroatoms. The van der Waals surface area contributed by atoms with Gasteiger partial charge in [-0.15, -0.1) is 0 Å². The molecule has 0 radical (unpaired) electrons. The van der Waals surface area contributed by atoms with Gasteiger partial charge in [0, 0.05) is 6.42 Å². The van der Waals surface area contributed by atoms with Crippen molar-refractivity contribution in [3.8, 4) is 0 Å². The van der Waals surface area contributed by atoms with E-state index < -0.39 is 23.0 Å². The number of carbonyl (C=O) groups excluding carboxylic acids is 1. The third kappa shape index (κ3) is 19.9. The maximum absolute atomic E-state index is 14.3. The molecule has 0 spiro atoms. The van der Waals surface area contributed by atoms with Crippen molar-refractivity contribution in [2.75, 3.05) is 0 Å². The summed E-state index contributed by atoms with van der Waals surface area (Å²) in [6.45, 7) is 10.4. The molecule has 0 aromatic carbocycles. The highest BCUT2D eigenvalue weighted by Gasteiger charge is 2.56. The molecule has 0 aliphatic carbocycles. The zero-order valence-corrected chi connectivity index (χ0v) is 34.1. The van der Waals surface area contributed by atoms with Crippen LogP contribution in [0.4, 0.5) is 0 Å². The summed E-state index contributed by atoms with van der Waals surface area (Å²) in [5.74, 6) is -2.36. The van der Waals surface area contributed by atoms with E-state index in [0.717, 1.165) is 57.8 Å². The first-order valence-electron chi connectivity index (χ1n) is 22.0. The Morgan fingerprint density at radius 3 is 0.860 bits per heavy atom. The second kappa shape index (κ2) is 32.1. The first kappa shape index (κ1) is 48.4. The number of amides is 1. The lowest BCUT2D eigenvalue weighted by atomic mass is 9.78. The molecule has 0 rings (SSSR count). The summed E-state index contributed by atoms with van der Waals surface area (Å²) in [6, 6.07) is 0. The normalized spacial score (nSPS) is 13.9. The molecule has 0 saturated carbocycles. The van der Waals surface area contributed by atoms with Gasteiger partial charge in [-0.05, 0) is 32.1 Å². The highest BCUT2D eigenvalue weighted by atomic mass is 16.4. The SMILES string of the molecule is CCCCCCCCCCCCC(CC)(C(=O)O)N(C(=O)CCCCCCCCCCC)C(CC)(CCCCCCCCCCCC)C(=O)O. The van der Waals surface area contributed by atoms with Crippen LogP contribution in [0.25, 0.3) is 0 Å². The fraction of sp³-hybridized carbons (Fsp3) is 0.932. The van der Waals surface area contributed by atoms with E-state index in [-0.39, 0.29) is 25.2 Å². The first-order chi connectivity index (χ1) is 24.2. The van der Waals surface area contributed by atoms with Crippen molar-refractivity contribution in [1.29, 1.82) is 0 Å². The molecule has 2 atom stereocenters. The Bertz CT molecular complexity index is 781. The average Bonchev–Trinajstić information content (AvgIpc) is 3.10. The molecule has 0 bridgehead atoms. The van der Waals surface area contributed by atoms with Crippen LogP contribution in [-0.4, -0.2) is 44.0 Å².